The van der Waals surface area contributed by atoms with E-state index in [1.807, 2.05) is 0 Å². The first-order valence-electron chi connectivity index (χ1n) is 10.3. The maximum Gasteiger partial charge on any atom is 0.416 e. The van der Waals surface area contributed by atoms with Crippen molar-refractivity contribution < 1.29 is 39.2 Å². The summed E-state index contributed by atoms with van der Waals surface area (Å²) in [5, 5.41) is 3.13. The van der Waals surface area contributed by atoms with Gasteiger partial charge in [-0.2, -0.15) is 30.6 Å². The summed E-state index contributed by atoms with van der Waals surface area (Å²) in [6.07, 6.45) is -8.61. The van der Waals surface area contributed by atoms with Gasteiger partial charge in [-0.3, -0.25) is 0 Å². The molecule has 1 heterocycles. The number of sulfonamides is 1. The second-order valence-corrected chi connectivity index (χ2v) is 10.4. The summed E-state index contributed by atoms with van der Waals surface area (Å²) in [7, 11) is -3.99. The van der Waals surface area contributed by atoms with E-state index in [9.17, 15) is 39.2 Å². The SMILES string of the molecule is CS(=O)(=O)N(Cc1cc(C(F)(F)F)cc(C(F)(F)F)c1)CC1CNCCC1c1ccc(F)cc1. The second-order valence-electron chi connectivity index (χ2n) is 8.38. The Bertz CT molecular complexity index is 1070. The number of hydrogen-bond acceptors (Lipinski definition) is 3. The largest absolute Gasteiger partial charge is 0.416 e. The van der Waals surface area contributed by atoms with Crippen LogP contribution >= 0.6 is 0 Å². The van der Waals surface area contributed by atoms with Gasteiger partial charge in [0, 0.05) is 13.1 Å². The zero-order valence-corrected chi connectivity index (χ0v) is 18.9. The van der Waals surface area contributed by atoms with Crippen LogP contribution in [0.25, 0.3) is 0 Å². The molecule has 0 saturated carbocycles. The molecule has 3 rings (SSSR count). The Morgan fingerprint density at radius 3 is 2.03 bits per heavy atom. The molecule has 1 aliphatic heterocycles. The number of nitrogens with zero attached hydrogens (tertiary/aromatic N) is 1. The molecule has 2 atom stereocenters. The molecule has 0 aromatic heterocycles. The molecular formula is C22H23F7N2O2S. The number of rotatable bonds is 6. The number of alkyl halides is 6. The molecule has 1 aliphatic rings. The van der Waals surface area contributed by atoms with Crippen molar-refractivity contribution in [3.05, 3.63) is 70.5 Å². The average Bonchev–Trinajstić information content (AvgIpc) is 2.72. The number of hydrogen-bond donors (Lipinski definition) is 1. The molecule has 0 radical (unpaired) electrons. The van der Waals surface area contributed by atoms with Crippen molar-refractivity contribution in [2.24, 2.45) is 5.92 Å². The van der Waals surface area contributed by atoms with E-state index >= 15 is 0 Å². The molecule has 1 saturated heterocycles. The number of nitrogens with one attached hydrogen (secondary N) is 1. The highest BCUT2D eigenvalue weighted by Gasteiger charge is 2.38. The van der Waals surface area contributed by atoms with Crippen molar-refractivity contribution >= 4 is 10.0 Å². The molecule has 1 fully saturated rings. The molecule has 0 bridgehead atoms. The summed E-state index contributed by atoms with van der Waals surface area (Å²) >= 11 is 0. The van der Waals surface area contributed by atoms with Crippen molar-refractivity contribution in [3.63, 3.8) is 0 Å². The number of benzene rings is 2. The van der Waals surface area contributed by atoms with Crippen LogP contribution in [0.4, 0.5) is 30.7 Å². The highest BCUT2D eigenvalue weighted by Crippen LogP contribution is 2.37. The van der Waals surface area contributed by atoms with E-state index in [2.05, 4.69) is 5.32 Å². The molecule has 2 aromatic carbocycles. The van der Waals surface area contributed by atoms with E-state index in [1.54, 1.807) is 12.1 Å². The number of halogens is 7. The first-order chi connectivity index (χ1) is 15.6. The van der Waals surface area contributed by atoms with Crippen LogP contribution < -0.4 is 5.32 Å². The van der Waals surface area contributed by atoms with Crippen molar-refractivity contribution in [1.82, 2.24) is 9.62 Å². The van der Waals surface area contributed by atoms with E-state index in [0.29, 0.717) is 31.6 Å². The van der Waals surface area contributed by atoms with Gasteiger partial charge in [0.15, 0.2) is 0 Å². The smallest absolute Gasteiger partial charge is 0.316 e. The van der Waals surface area contributed by atoms with Crippen LogP contribution in [-0.4, -0.2) is 38.6 Å². The molecule has 4 nitrogen and oxygen atoms in total. The summed E-state index contributed by atoms with van der Waals surface area (Å²) in [4.78, 5) is 0. The first-order valence-corrected chi connectivity index (χ1v) is 12.2. The normalized spacial score (nSPS) is 20.0. The highest BCUT2D eigenvalue weighted by atomic mass is 32.2. The monoisotopic (exact) mass is 512 g/mol. The molecule has 12 heteroatoms. The van der Waals surface area contributed by atoms with Crippen molar-refractivity contribution in [3.8, 4) is 0 Å². The molecule has 0 amide bonds. The Morgan fingerprint density at radius 1 is 0.971 bits per heavy atom. The predicted octanol–water partition coefficient (Wildman–Crippen LogP) is 5.02. The van der Waals surface area contributed by atoms with Gasteiger partial charge in [0.1, 0.15) is 5.82 Å². The molecule has 0 aliphatic carbocycles. The summed E-state index contributed by atoms with van der Waals surface area (Å²) in [5.74, 6) is -0.933. The van der Waals surface area contributed by atoms with Gasteiger partial charge in [0.2, 0.25) is 10.0 Å². The van der Waals surface area contributed by atoms with E-state index in [-0.39, 0.29) is 24.4 Å². The summed E-state index contributed by atoms with van der Waals surface area (Å²) in [6.45, 7) is 0.217. The van der Waals surface area contributed by atoms with Gasteiger partial charge >= 0.3 is 12.4 Å². The van der Waals surface area contributed by atoms with E-state index in [1.165, 1.54) is 12.1 Å². The van der Waals surface area contributed by atoms with Gasteiger partial charge in [-0.1, -0.05) is 12.1 Å². The Hall–Kier alpha value is -2.18. The quantitative estimate of drug-likeness (QED) is 0.554. The Kier molecular flexibility index (Phi) is 7.63. The lowest BCUT2D eigenvalue weighted by Crippen LogP contribution is -2.43. The summed E-state index contributed by atoms with van der Waals surface area (Å²) < 4.78 is 118. The third kappa shape index (κ3) is 6.70. The fraction of sp³-hybridized carbons (Fsp3) is 0.455. The van der Waals surface area contributed by atoms with Crippen LogP contribution in [0.5, 0.6) is 0 Å². The van der Waals surface area contributed by atoms with Crippen LogP contribution in [0, 0.1) is 11.7 Å². The topological polar surface area (TPSA) is 49.4 Å². The third-order valence-electron chi connectivity index (χ3n) is 5.82. The molecule has 34 heavy (non-hydrogen) atoms. The average molecular weight is 512 g/mol. The fourth-order valence-electron chi connectivity index (χ4n) is 4.16. The van der Waals surface area contributed by atoms with Crippen LogP contribution in [0.15, 0.2) is 42.5 Å². The number of piperidine rings is 1. The minimum absolute atomic E-state index is 0.00388. The lowest BCUT2D eigenvalue weighted by atomic mass is 9.81. The van der Waals surface area contributed by atoms with E-state index in [4.69, 9.17) is 0 Å². The highest BCUT2D eigenvalue weighted by molar-refractivity contribution is 7.88. The predicted molar refractivity (Wildman–Crippen MR) is 112 cm³/mol. The van der Waals surface area contributed by atoms with Crippen molar-refractivity contribution in [1.29, 1.82) is 0 Å². The lowest BCUT2D eigenvalue weighted by Gasteiger charge is -2.35. The van der Waals surface area contributed by atoms with Gasteiger partial charge in [0.25, 0.3) is 0 Å². The minimum Gasteiger partial charge on any atom is -0.316 e. The maximum absolute atomic E-state index is 13.3. The molecule has 2 unspecified atom stereocenters. The molecule has 188 valence electrons. The Labute approximate surface area is 192 Å². The minimum atomic E-state index is -5.03. The zero-order valence-electron chi connectivity index (χ0n) is 18.0. The second kappa shape index (κ2) is 9.82. The van der Waals surface area contributed by atoms with Gasteiger partial charge in [-0.25, -0.2) is 12.8 Å². The molecular weight excluding hydrogens is 489 g/mol. The fourth-order valence-corrected chi connectivity index (χ4v) is 5.00. The maximum atomic E-state index is 13.3. The van der Waals surface area contributed by atoms with Crippen molar-refractivity contribution in [2.75, 3.05) is 25.9 Å². The zero-order chi connectivity index (χ0) is 25.3. The van der Waals surface area contributed by atoms with Gasteiger partial charge < -0.3 is 5.32 Å². The molecule has 1 N–H and O–H groups in total. The van der Waals surface area contributed by atoms with Crippen LogP contribution in [0.2, 0.25) is 0 Å². The van der Waals surface area contributed by atoms with Gasteiger partial charge in [-0.15, -0.1) is 0 Å². The molecule has 2 aromatic rings. The Morgan fingerprint density at radius 2 is 1.53 bits per heavy atom. The summed E-state index contributed by atoms with van der Waals surface area (Å²) in [5.41, 5.74) is -2.65. The van der Waals surface area contributed by atoms with Gasteiger partial charge in [-0.05, 0) is 72.8 Å². The van der Waals surface area contributed by atoms with E-state index < -0.39 is 51.4 Å². The third-order valence-corrected chi connectivity index (χ3v) is 7.04. The first kappa shape index (κ1) is 26.4. The standard InChI is InChI=1S/C22H23F7N2O2S/c1-34(32,33)31(12-14-8-17(21(24,25)26)10-18(9-14)22(27,28)29)13-16-11-30-7-6-20(16)15-2-4-19(23)5-3-15/h2-5,8-10,16,20,30H,6-7,11-13H2,1H3. The molecule has 0 spiro atoms. The lowest BCUT2D eigenvalue weighted by molar-refractivity contribution is -0.143. The van der Waals surface area contributed by atoms with Crippen LogP contribution in [-0.2, 0) is 28.9 Å². The van der Waals surface area contributed by atoms with Crippen molar-refractivity contribution in [2.45, 2.75) is 31.2 Å². The Balaban J connectivity index is 1.93. The van der Waals surface area contributed by atoms with Gasteiger partial charge in [0.05, 0.1) is 17.4 Å². The van der Waals surface area contributed by atoms with Crippen LogP contribution in [0.3, 0.4) is 0 Å². The summed E-state index contributed by atoms with van der Waals surface area (Å²) in [6, 6.07) is 6.81. The van der Waals surface area contributed by atoms with Crippen LogP contribution in [0.1, 0.15) is 34.6 Å². The van der Waals surface area contributed by atoms with E-state index in [0.717, 1.165) is 16.1 Å².